The first kappa shape index (κ1) is 26.9. The molecule has 3 atom stereocenters. The van der Waals surface area contributed by atoms with Crippen molar-refractivity contribution in [2.24, 2.45) is 5.92 Å². The number of hydrogen-bond acceptors (Lipinski definition) is 5. The first-order valence-corrected chi connectivity index (χ1v) is 12.9. The highest BCUT2D eigenvalue weighted by atomic mass is 19.2. The maximum absolute atomic E-state index is 14.3. The largest absolute Gasteiger partial charge is 0.481 e. The first-order valence-electron chi connectivity index (χ1n) is 12.9. The van der Waals surface area contributed by atoms with E-state index in [1.807, 2.05) is 4.90 Å². The summed E-state index contributed by atoms with van der Waals surface area (Å²) in [5.41, 5.74) is 1.06. The van der Waals surface area contributed by atoms with Gasteiger partial charge in [0.15, 0.2) is 23.1 Å². The number of carbonyl (C=O) groups is 2. The number of unbranched alkanes of at least 4 members (excludes halogenated alkanes) is 2. The molecule has 1 amide bonds. The molecule has 7 nitrogen and oxygen atoms in total. The van der Waals surface area contributed by atoms with Gasteiger partial charge in [0, 0.05) is 31.6 Å². The zero-order valence-corrected chi connectivity index (χ0v) is 21.3. The van der Waals surface area contributed by atoms with Crippen LogP contribution in [0.3, 0.4) is 0 Å². The molecule has 0 radical (unpaired) electrons. The molecule has 1 N–H and O–H groups in total. The number of aliphatic carboxylic acids is 1. The van der Waals surface area contributed by atoms with Crippen LogP contribution in [0.5, 0.6) is 11.5 Å². The van der Waals surface area contributed by atoms with E-state index in [1.54, 1.807) is 23.1 Å². The van der Waals surface area contributed by atoms with Gasteiger partial charge in [-0.3, -0.25) is 14.5 Å². The van der Waals surface area contributed by atoms with Crippen molar-refractivity contribution in [1.82, 2.24) is 9.80 Å². The number of nitrogens with zero attached hydrogens (tertiary/aromatic N) is 2. The van der Waals surface area contributed by atoms with Crippen molar-refractivity contribution >= 4 is 11.9 Å². The average Bonchev–Trinajstić information content (AvgIpc) is 3.50. The molecule has 2 heterocycles. The summed E-state index contributed by atoms with van der Waals surface area (Å²) in [5.74, 6) is -3.59. The highest BCUT2D eigenvalue weighted by Gasteiger charge is 2.48. The molecule has 2 aromatic carbocycles. The van der Waals surface area contributed by atoms with Crippen LogP contribution >= 0.6 is 0 Å². The maximum Gasteiger partial charge on any atom is 0.309 e. The van der Waals surface area contributed by atoms with Crippen molar-refractivity contribution in [3.8, 4) is 11.5 Å². The third-order valence-electron chi connectivity index (χ3n) is 7.25. The van der Waals surface area contributed by atoms with Crippen molar-refractivity contribution < 1.29 is 33.0 Å². The minimum Gasteiger partial charge on any atom is -0.481 e. The van der Waals surface area contributed by atoms with Gasteiger partial charge in [0.1, 0.15) is 0 Å². The Morgan fingerprint density at radius 3 is 2.30 bits per heavy atom. The van der Waals surface area contributed by atoms with Gasteiger partial charge in [0.25, 0.3) is 0 Å². The molecule has 9 heteroatoms. The van der Waals surface area contributed by atoms with Crippen LogP contribution < -0.4 is 9.47 Å². The molecule has 4 rings (SSSR count). The number of benzene rings is 2. The van der Waals surface area contributed by atoms with Crippen LogP contribution in [0.1, 0.15) is 62.6 Å². The van der Waals surface area contributed by atoms with E-state index in [4.69, 9.17) is 9.47 Å². The Hall–Kier alpha value is -3.20. The van der Waals surface area contributed by atoms with Crippen LogP contribution in [0, 0.1) is 17.6 Å². The van der Waals surface area contributed by atoms with Crippen molar-refractivity contribution in [3.05, 3.63) is 59.2 Å². The van der Waals surface area contributed by atoms with Crippen molar-refractivity contribution in [2.45, 2.75) is 51.5 Å². The molecule has 0 saturated carbocycles. The number of halogens is 2. The standard InChI is InChI=1S/C28H34F2N2O5/c1-3-5-11-31(12-6-4-2)25(33)16-32-15-20(18-8-10-23-24(14-18)37-17-36-23)26(28(34)35)27(32)19-7-9-21(29)22(30)13-19/h7-10,13-14,20,26-27H,3-6,11-12,15-17H2,1-2H3,(H,34,35)/t20-,26+,27-/m1/s1. The molecule has 200 valence electrons. The van der Waals surface area contributed by atoms with E-state index < -0.39 is 35.5 Å². The second-order valence-corrected chi connectivity index (χ2v) is 9.72. The van der Waals surface area contributed by atoms with Gasteiger partial charge in [0.05, 0.1) is 12.5 Å². The molecule has 0 bridgehead atoms. The lowest BCUT2D eigenvalue weighted by Crippen LogP contribution is -2.42. The van der Waals surface area contributed by atoms with Crippen LogP contribution in [0.25, 0.3) is 0 Å². The lowest BCUT2D eigenvalue weighted by atomic mass is 9.82. The fourth-order valence-corrected chi connectivity index (χ4v) is 5.30. The fraction of sp³-hybridized carbons (Fsp3) is 0.500. The number of rotatable bonds is 11. The SMILES string of the molecule is CCCCN(CCCC)C(=O)CN1C[C@H](c2ccc3c(c2)OCO3)[C@H](C(=O)O)[C@H]1c1ccc(F)c(F)c1. The monoisotopic (exact) mass is 516 g/mol. The number of carboxylic acids is 1. The lowest BCUT2D eigenvalue weighted by molar-refractivity contribution is -0.144. The maximum atomic E-state index is 14.3. The Balaban J connectivity index is 1.69. The summed E-state index contributed by atoms with van der Waals surface area (Å²) in [4.78, 5) is 29.7. The van der Waals surface area contributed by atoms with Gasteiger partial charge in [-0.25, -0.2) is 8.78 Å². The van der Waals surface area contributed by atoms with Gasteiger partial charge in [-0.1, -0.05) is 38.8 Å². The predicted octanol–water partition coefficient (Wildman–Crippen LogP) is 4.96. The van der Waals surface area contributed by atoms with Crippen LogP contribution in [-0.4, -0.2) is 59.8 Å². The molecule has 2 aliphatic heterocycles. The Bertz CT molecular complexity index is 1120. The van der Waals surface area contributed by atoms with Crippen molar-refractivity contribution in [3.63, 3.8) is 0 Å². The molecule has 0 aromatic heterocycles. The molecule has 2 aromatic rings. The lowest BCUT2D eigenvalue weighted by Gasteiger charge is -2.30. The number of amides is 1. The predicted molar refractivity (Wildman–Crippen MR) is 133 cm³/mol. The normalized spacial score (nSPS) is 20.8. The van der Waals surface area contributed by atoms with E-state index in [0.29, 0.717) is 30.2 Å². The molecule has 2 aliphatic rings. The van der Waals surface area contributed by atoms with E-state index in [2.05, 4.69) is 13.8 Å². The first-order chi connectivity index (χ1) is 17.8. The molecule has 0 unspecified atom stereocenters. The van der Waals surface area contributed by atoms with E-state index in [-0.39, 0.29) is 25.8 Å². The van der Waals surface area contributed by atoms with E-state index in [0.717, 1.165) is 43.4 Å². The molecule has 37 heavy (non-hydrogen) atoms. The van der Waals surface area contributed by atoms with E-state index in [1.165, 1.54) is 6.07 Å². The van der Waals surface area contributed by atoms with Crippen LogP contribution in [0.2, 0.25) is 0 Å². The van der Waals surface area contributed by atoms with Crippen LogP contribution in [-0.2, 0) is 9.59 Å². The van der Waals surface area contributed by atoms with E-state index in [9.17, 15) is 23.5 Å². The summed E-state index contributed by atoms with van der Waals surface area (Å²) >= 11 is 0. The number of hydrogen-bond donors (Lipinski definition) is 1. The van der Waals surface area contributed by atoms with Crippen LogP contribution in [0.4, 0.5) is 8.78 Å². The van der Waals surface area contributed by atoms with Gasteiger partial charge in [0.2, 0.25) is 12.7 Å². The highest BCUT2D eigenvalue weighted by molar-refractivity contribution is 5.79. The smallest absolute Gasteiger partial charge is 0.309 e. The summed E-state index contributed by atoms with van der Waals surface area (Å²) in [6.07, 6.45) is 3.65. The molecule has 0 aliphatic carbocycles. The van der Waals surface area contributed by atoms with Gasteiger partial charge >= 0.3 is 5.97 Å². The second-order valence-electron chi connectivity index (χ2n) is 9.72. The molecule has 0 spiro atoms. The van der Waals surface area contributed by atoms with Gasteiger partial charge in [-0.15, -0.1) is 0 Å². The number of carboxylic acid groups (broad SMARTS) is 1. The summed E-state index contributed by atoms with van der Waals surface area (Å²) in [6, 6.07) is 7.96. The van der Waals surface area contributed by atoms with Gasteiger partial charge < -0.3 is 19.5 Å². The quantitative estimate of drug-likeness (QED) is 0.455. The number of likely N-dealkylation sites (tertiary alicyclic amines) is 1. The fourth-order valence-electron chi connectivity index (χ4n) is 5.30. The molecule has 1 fully saturated rings. The third kappa shape index (κ3) is 5.87. The zero-order valence-electron chi connectivity index (χ0n) is 21.3. The number of ether oxygens (including phenoxy) is 2. The topological polar surface area (TPSA) is 79.3 Å². The third-order valence-corrected chi connectivity index (χ3v) is 7.25. The van der Waals surface area contributed by atoms with Crippen molar-refractivity contribution in [2.75, 3.05) is 33.0 Å². The molecular weight excluding hydrogens is 482 g/mol. The van der Waals surface area contributed by atoms with Crippen LogP contribution in [0.15, 0.2) is 36.4 Å². The number of fused-ring (bicyclic) bond motifs is 1. The molecule has 1 saturated heterocycles. The summed E-state index contributed by atoms with van der Waals surface area (Å²) < 4.78 is 38.9. The van der Waals surface area contributed by atoms with E-state index >= 15 is 0 Å². The minimum absolute atomic E-state index is 0.0120. The summed E-state index contributed by atoms with van der Waals surface area (Å²) in [5, 5.41) is 10.3. The number of carbonyl (C=O) groups excluding carboxylic acids is 1. The summed E-state index contributed by atoms with van der Waals surface area (Å²) in [7, 11) is 0. The Morgan fingerprint density at radius 2 is 1.65 bits per heavy atom. The Kier molecular flexibility index (Phi) is 8.63. The Morgan fingerprint density at radius 1 is 0.973 bits per heavy atom. The second kappa shape index (κ2) is 11.9. The average molecular weight is 517 g/mol. The van der Waals surface area contributed by atoms with Crippen molar-refractivity contribution in [1.29, 1.82) is 0 Å². The van der Waals surface area contributed by atoms with Gasteiger partial charge in [-0.2, -0.15) is 0 Å². The highest BCUT2D eigenvalue weighted by Crippen LogP contribution is 2.47. The summed E-state index contributed by atoms with van der Waals surface area (Å²) in [6.45, 7) is 5.74. The minimum atomic E-state index is -1.07. The molecular formula is C28H34F2N2O5. The van der Waals surface area contributed by atoms with Gasteiger partial charge in [-0.05, 0) is 48.2 Å². The Labute approximate surface area is 216 Å². The zero-order chi connectivity index (χ0) is 26.5.